The van der Waals surface area contributed by atoms with E-state index in [1.807, 2.05) is 0 Å². The first-order valence-corrected chi connectivity index (χ1v) is 11.8. The largest absolute Gasteiger partial charge is 0.508 e. The van der Waals surface area contributed by atoms with E-state index in [1.54, 1.807) is 24.3 Å². The van der Waals surface area contributed by atoms with Crippen LogP contribution in [0, 0.1) is 17.8 Å². The predicted octanol–water partition coefficient (Wildman–Crippen LogP) is 2.49. The quantitative estimate of drug-likeness (QED) is 0.195. The van der Waals surface area contributed by atoms with Gasteiger partial charge in [-0.15, -0.1) is 23.2 Å². The summed E-state index contributed by atoms with van der Waals surface area (Å²) in [6.45, 7) is 0. The number of benzene rings is 1. The van der Waals surface area contributed by atoms with Gasteiger partial charge in [-0.25, -0.2) is 0 Å². The van der Waals surface area contributed by atoms with Crippen LogP contribution in [-0.4, -0.2) is 59.1 Å². The first kappa shape index (κ1) is 21.9. The van der Waals surface area contributed by atoms with Crippen LogP contribution in [0.5, 0.6) is 5.75 Å². The molecule has 2 N–H and O–H groups in total. The van der Waals surface area contributed by atoms with E-state index in [4.69, 9.17) is 23.2 Å². The fraction of sp³-hybridized carbons (Fsp3) is 0.429. The zero-order chi connectivity index (χ0) is 23.2. The van der Waals surface area contributed by atoms with Gasteiger partial charge in [0, 0.05) is 11.5 Å². The second-order valence-electron chi connectivity index (χ2n) is 8.53. The monoisotopic (exact) mass is 542 g/mol. The molecule has 168 valence electrons. The minimum absolute atomic E-state index is 0.122. The number of nitrogens with zero attached hydrogens (tertiary/aromatic N) is 2. The number of imide groups is 2. The third-order valence-electron chi connectivity index (χ3n) is 7.24. The molecule has 5 rings (SSSR count). The number of phenolic OH excluding ortho intramolecular Hbond substituents is 1. The molecule has 11 heteroatoms. The molecule has 1 saturated carbocycles. The van der Waals surface area contributed by atoms with Crippen LogP contribution in [0.15, 0.2) is 35.9 Å². The molecule has 1 aromatic rings. The number of fused-ring (bicyclic) bond motifs is 4. The van der Waals surface area contributed by atoms with Gasteiger partial charge in [-0.2, -0.15) is 5.06 Å². The van der Waals surface area contributed by atoms with Gasteiger partial charge >= 0.3 is 0 Å². The van der Waals surface area contributed by atoms with Crippen molar-refractivity contribution < 1.29 is 29.5 Å². The highest BCUT2D eigenvalue weighted by Crippen LogP contribution is 2.66. The zero-order valence-corrected chi connectivity index (χ0v) is 19.5. The van der Waals surface area contributed by atoms with Gasteiger partial charge in [0.05, 0.1) is 17.3 Å². The van der Waals surface area contributed by atoms with E-state index >= 15 is 0 Å². The number of aromatic hydroxyl groups is 1. The Hall–Kier alpha value is -1.94. The highest BCUT2D eigenvalue weighted by molar-refractivity contribution is 9.09. The number of rotatable bonds is 2. The second kappa shape index (κ2) is 7.03. The van der Waals surface area contributed by atoms with Crippen molar-refractivity contribution in [2.75, 3.05) is 5.45 Å². The van der Waals surface area contributed by atoms with Crippen LogP contribution in [0.1, 0.15) is 24.3 Å². The van der Waals surface area contributed by atoms with Crippen molar-refractivity contribution >= 4 is 62.8 Å². The van der Waals surface area contributed by atoms with Crippen LogP contribution >= 0.6 is 39.1 Å². The smallest absolute Gasteiger partial charge is 0.257 e. The number of halogens is 3. The maximum absolute atomic E-state index is 13.5. The molecule has 2 aliphatic heterocycles. The second-order valence-corrected chi connectivity index (χ2v) is 10.3. The molecular formula is C21H17BrCl2N2O6. The van der Waals surface area contributed by atoms with Crippen molar-refractivity contribution in [3.05, 3.63) is 41.5 Å². The summed E-state index contributed by atoms with van der Waals surface area (Å²) in [6, 6.07) is 6.29. The van der Waals surface area contributed by atoms with Crippen molar-refractivity contribution in [2.24, 2.45) is 17.8 Å². The van der Waals surface area contributed by atoms with Crippen LogP contribution in [0.2, 0.25) is 0 Å². The highest BCUT2D eigenvalue weighted by atomic mass is 79.9. The number of carbonyl (C=O) groups is 4. The van der Waals surface area contributed by atoms with E-state index in [1.165, 1.54) is 6.07 Å². The number of carbonyl (C=O) groups excluding carboxylic acids is 4. The summed E-state index contributed by atoms with van der Waals surface area (Å²) in [4.78, 5) is 49.0. The SMILES string of the molecule is O=C1[C@H]2[C@H](CC=C3[C@H]2C[C@@]2(Cl)C(=O)N(CBr)C(=O)[C@@]2(Cl)[C@H]3c2ccccc2O)C(=O)N1O. The zero-order valence-electron chi connectivity index (χ0n) is 16.4. The fourth-order valence-corrected chi connectivity index (χ4v) is 7.23. The number of allylic oxidation sites excluding steroid dienone is 2. The third-order valence-corrected chi connectivity index (χ3v) is 9.15. The Balaban J connectivity index is 1.77. The predicted molar refractivity (Wildman–Crippen MR) is 115 cm³/mol. The molecule has 1 aromatic carbocycles. The van der Waals surface area contributed by atoms with Crippen molar-refractivity contribution in [3.63, 3.8) is 0 Å². The lowest BCUT2D eigenvalue weighted by Gasteiger charge is -2.50. The van der Waals surface area contributed by atoms with Crippen LogP contribution in [0.4, 0.5) is 0 Å². The van der Waals surface area contributed by atoms with Gasteiger partial charge in [0.1, 0.15) is 5.75 Å². The van der Waals surface area contributed by atoms with Crippen LogP contribution in [0.25, 0.3) is 0 Å². The van der Waals surface area contributed by atoms with Gasteiger partial charge in [0.15, 0.2) is 9.75 Å². The number of amides is 4. The molecule has 0 radical (unpaired) electrons. The molecule has 3 fully saturated rings. The minimum Gasteiger partial charge on any atom is -0.508 e. The normalized spacial score (nSPS) is 38.6. The van der Waals surface area contributed by atoms with E-state index in [0.29, 0.717) is 5.57 Å². The summed E-state index contributed by atoms with van der Waals surface area (Å²) in [5.41, 5.74) is 0.712. The lowest BCUT2D eigenvalue weighted by molar-refractivity contribution is -0.173. The molecule has 0 spiro atoms. The Morgan fingerprint density at radius 1 is 1.06 bits per heavy atom. The van der Waals surface area contributed by atoms with Crippen molar-refractivity contribution in [1.82, 2.24) is 9.96 Å². The number of hydrogen-bond acceptors (Lipinski definition) is 6. The summed E-state index contributed by atoms with van der Waals surface area (Å²) in [5.74, 6) is -6.55. The van der Waals surface area contributed by atoms with Crippen molar-refractivity contribution in [2.45, 2.75) is 28.5 Å². The standard InChI is InChI=1S/C21H17BrCl2N2O6/c22-8-25-18(30)20(23)7-12-9(5-6-11-14(12)17(29)26(32)16(11)28)15(21(20,24)19(25)31)10-3-1-2-4-13(10)27/h1-5,11-12,14-15,27,32H,6-8H2/t11-,12+,14-,15+,20+,21-/m0/s1. The minimum atomic E-state index is -1.96. The first-order chi connectivity index (χ1) is 15.1. The molecule has 2 aliphatic carbocycles. The summed E-state index contributed by atoms with van der Waals surface area (Å²) in [7, 11) is 0. The van der Waals surface area contributed by atoms with Gasteiger partial charge in [0.25, 0.3) is 23.6 Å². The Kier molecular flexibility index (Phi) is 4.81. The lowest BCUT2D eigenvalue weighted by Crippen LogP contribution is -2.60. The van der Waals surface area contributed by atoms with Crippen LogP contribution in [-0.2, 0) is 19.2 Å². The summed E-state index contributed by atoms with van der Waals surface area (Å²) >= 11 is 17.1. The molecule has 2 heterocycles. The number of hydrogen-bond donors (Lipinski definition) is 2. The number of likely N-dealkylation sites (tertiary alicyclic amines) is 1. The van der Waals surface area contributed by atoms with E-state index in [0.717, 1.165) is 4.90 Å². The molecule has 4 aliphatic rings. The molecule has 0 aromatic heterocycles. The van der Waals surface area contributed by atoms with Gasteiger partial charge in [-0.3, -0.25) is 29.3 Å². The average Bonchev–Trinajstić information content (AvgIpc) is 3.07. The summed E-state index contributed by atoms with van der Waals surface area (Å²) in [5, 5.41) is 20.7. The van der Waals surface area contributed by atoms with Gasteiger partial charge in [-0.1, -0.05) is 45.8 Å². The Morgan fingerprint density at radius 3 is 2.41 bits per heavy atom. The Morgan fingerprint density at radius 2 is 1.75 bits per heavy atom. The summed E-state index contributed by atoms with van der Waals surface area (Å²) < 4.78 is 0. The topological polar surface area (TPSA) is 115 Å². The number of hydroxylamine groups is 2. The van der Waals surface area contributed by atoms with Crippen LogP contribution < -0.4 is 0 Å². The molecule has 2 saturated heterocycles. The first-order valence-electron chi connectivity index (χ1n) is 9.94. The third kappa shape index (κ3) is 2.42. The molecule has 8 nitrogen and oxygen atoms in total. The Labute approximate surface area is 200 Å². The maximum atomic E-state index is 13.5. The van der Waals surface area contributed by atoms with Gasteiger partial charge in [0.2, 0.25) is 0 Å². The van der Waals surface area contributed by atoms with E-state index in [-0.39, 0.29) is 34.7 Å². The van der Waals surface area contributed by atoms with Gasteiger partial charge in [-0.05, 0) is 24.8 Å². The maximum Gasteiger partial charge on any atom is 0.257 e. The molecule has 4 amide bonds. The van der Waals surface area contributed by atoms with E-state index in [9.17, 15) is 29.5 Å². The lowest BCUT2D eigenvalue weighted by atomic mass is 9.56. The molecule has 6 atom stereocenters. The molecule has 0 bridgehead atoms. The average molecular weight is 544 g/mol. The van der Waals surface area contributed by atoms with E-state index < -0.39 is 57.0 Å². The van der Waals surface area contributed by atoms with Gasteiger partial charge < -0.3 is 5.11 Å². The van der Waals surface area contributed by atoms with E-state index in [2.05, 4.69) is 15.9 Å². The number of para-hydroxylation sites is 1. The van der Waals surface area contributed by atoms with Crippen molar-refractivity contribution in [3.8, 4) is 5.75 Å². The fourth-order valence-electron chi connectivity index (χ4n) is 5.81. The molecule has 32 heavy (non-hydrogen) atoms. The summed E-state index contributed by atoms with van der Waals surface area (Å²) in [6.07, 6.45) is 1.70. The highest BCUT2D eigenvalue weighted by Gasteiger charge is 2.76. The molecular weight excluding hydrogens is 527 g/mol. The van der Waals surface area contributed by atoms with Crippen LogP contribution in [0.3, 0.4) is 0 Å². The Bertz CT molecular complexity index is 1130. The van der Waals surface area contributed by atoms with Crippen molar-refractivity contribution in [1.29, 1.82) is 0 Å². The molecule has 0 unspecified atom stereocenters. The number of phenols is 1. The number of alkyl halides is 3.